The number of benzene rings is 2. The fourth-order valence-electron chi connectivity index (χ4n) is 3.66. The van der Waals surface area contributed by atoms with E-state index >= 15 is 0 Å². The number of hydrogen-bond acceptors (Lipinski definition) is 8. The molecule has 3 aromatic rings. The molecular weight excluding hydrogens is 458 g/mol. The molecule has 1 aliphatic rings. The molecule has 0 atom stereocenters. The van der Waals surface area contributed by atoms with E-state index in [4.69, 9.17) is 23.7 Å². The van der Waals surface area contributed by atoms with E-state index in [0.717, 1.165) is 16.0 Å². The van der Waals surface area contributed by atoms with Gasteiger partial charge in [-0.1, -0.05) is 6.07 Å². The van der Waals surface area contributed by atoms with Gasteiger partial charge in [0.25, 0.3) is 5.91 Å². The Morgan fingerprint density at radius 2 is 1.79 bits per heavy atom. The zero-order valence-corrected chi connectivity index (χ0v) is 20.2. The summed E-state index contributed by atoms with van der Waals surface area (Å²) in [6, 6.07) is 10.6. The highest BCUT2D eigenvalue weighted by molar-refractivity contribution is 7.17. The number of carbonyl (C=O) groups excluding carboxylic acids is 2. The van der Waals surface area contributed by atoms with Crippen molar-refractivity contribution in [2.75, 3.05) is 32.9 Å². The van der Waals surface area contributed by atoms with Crippen LogP contribution in [0.1, 0.15) is 43.6 Å². The minimum atomic E-state index is -0.476. The molecule has 0 spiro atoms. The van der Waals surface area contributed by atoms with Crippen LogP contribution in [-0.4, -0.2) is 39.5 Å². The van der Waals surface area contributed by atoms with Gasteiger partial charge in [-0.05, 0) is 55.3 Å². The second kappa shape index (κ2) is 10.0. The number of anilines is 1. The summed E-state index contributed by atoms with van der Waals surface area (Å²) < 4.78 is 26.7. The standard InChI is InChI=1S/C25H25NO7S/c1-5-31-25(28)22-14(2)21(11-15-6-8-18-20(10-15)33-13-32-18)34-24(22)26-23(27)16-7-9-17(29-3)19(12-16)30-4/h6-10,12H,5,11,13H2,1-4H3,(H,26,27). The molecular formula is C25H25NO7S. The van der Waals surface area contributed by atoms with Crippen LogP contribution in [0.25, 0.3) is 0 Å². The van der Waals surface area contributed by atoms with Gasteiger partial charge in [-0.25, -0.2) is 4.79 Å². The molecule has 2 heterocycles. The highest BCUT2D eigenvalue weighted by Gasteiger charge is 2.25. The molecule has 9 heteroatoms. The van der Waals surface area contributed by atoms with Crippen molar-refractivity contribution in [2.45, 2.75) is 20.3 Å². The minimum absolute atomic E-state index is 0.205. The van der Waals surface area contributed by atoms with Crippen LogP contribution in [0.5, 0.6) is 23.0 Å². The molecule has 4 rings (SSSR count). The summed E-state index contributed by atoms with van der Waals surface area (Å²) >= 11 is 1.35. The van der Waals surface area contributed by atoms with Crippen LogP contribution in [0.4, 0.5) is 5.00 Å². The summed E-state index contributed by atoms with van der Waals surface area (Å²) in [5.74, 6) is 1.51. The number of ether oxygens (including phenoxy) is 5. The van der Waals surface area contributed by atoms with Gasteiger partial charge in [0.05, 0.1) is 26.4 Å². The number of amides is 1. The Kier molecular flexibility index (Phi) is 6.93. The lowest BCUT2D eigenvalue weighted by Crippen LogP contribution is -2.15. The molecule has 0 fully saturated rings. The zero-order valence-electron chi connectivity index (χ0n) is 19.4. The molecule has 1 N–H and O–H groups in total. The van der Waals surface area contributed by atoms with Gasteiger partial charge in [0.2, 0.25) is 6.79 Å². The Hall–Kier alpha value is -3.72. The highest BCUT2D eigenvalue weighted by atomic mass is 32.1. The lowest BCUT2D eigenvalue weighted by atomic mass is 10.1. The number of fused-ring (bicyclic) bond motifs is 1. The molecule has 8 nitrogen and oxygen atoms in total. The lowest BCUT2D eigenvalue weighted by Gasteiger charge is -2.10. The van der Waals surface area contributed by atoms with E-state index in [9.17, 15) is 9.59 Å². The molecule has 34 heavy (non-hydrogen) atoms. The summed E-state index contributed by atoms with van der Waals surface area (Å²) in [6.45, 7) is 4.04. The number of methoxy groups -OCH3 is 2. The third-order valence-corrected chi connectivity index (χ3v) is 6.61. The monoisotopic (exact) mass is 483 g/mol. The summed E-state index contributed by atoms with van der Waals surface area (Å²) in [7, 11) is 3.03. The SMILES string of the molecule is CCOC(=O)c1c(NC(=O)c2ccc(OC)c(OC)c2)sc(Cc2ccc3c(c2)OCO3)c1C. The fraction of sp³-hybridized carbons (Fsp3) is 0.280. The van der Waals surface area contributed by atoms with E-state index in [1.807, 2.05) is 25.1 Å². The van der Waals surface area contributed by atoms with Crippen molar-refractivity contribution >= 4 is 28.2 Å². The van der Waals surface area contributed by atoms with Crippen LogP contribution in [0.15, 0.2) is 36.4 Å². The van der Waals surface area contributed by atoms with Crippen molar-refractivity contribution in [1.29, 1.82) is 0 Å². The van der Waals surface area contributed by atoms with Gasteiger partial charge in [-0.15, -0.1) is 11.3 Å². The van der Waals surface area contributed by atoms with Crippen LogP contribution >= 0.6 is 11.3 Å². The number of carbonyl (C=O) groups is 2. The van der Waals surface area contributed by atoms with Gasteiger partial charge >= 0.3 is 5.97 Å². The van der Waals surface area contributed by atoms with E-state index in [1.165, 1.54) is 25.6 Å². The van der Waals surface area contributed by atoms with E-state index in [0.29, 0.717) is 45.5 Å². The summed E-state index contributed by atoms with van der Waals surface area (Å²) in [4.78, 5) is 26.7. The topological polar surface area (TPSA) is 92.3 Å². The smallest absolute Gasteiger partial charge is 0.341 e. The highest BCUT2D eigenvalue weighted by Crippen LogP contribution is 2.38. The van der Waals surface area contributed by atoms with E-state index in [1.54, 1.807) is 25.1 Å². The molecule has 1 aliphatic heterocycles. The molecule has 0 aliphatic carbocycles. The van der Waals surface area contributed by atoms with E-state index in [2.05, 4.69) is 5.32 Å². The predicted octanol–water partition coefficient (Wildman–Crippen LogP) is 4.82. The fourth-order valence-corrected chi connectivity index (χ4v) is 4.88. The van der Waals surface area contributed by atoms with Crippen molar-refractivity contribution in [3.05, 3.63) is 63.5 Å². The Labute approximate surface area is 201 Å². The average molecular weight is 484 g/mol. The van der Waals surface area contributed by atoms with Gasteiger partial charge in [-0.2, -0.15) is 0 Å². The Morgan fingerprint density at radius 3 is 2.53 bits per heavy atom. The molecule has 1 aromatic heterocycles. The molecule has 1 amide bonds. The predicted molar refractivity (Wildman–Crippen MR) is 128 cm³/mol. The number of esters is 1. The van der Waals surface area contributed by atoms with Crippen molar-refractivity contribution in [3.63, 3.8) is 0 Å². The first-order valence-electron chi connectivity index (χ1n) is 10.7. The second-order valence-electron chi connectivity index (χ2n) is 7.46. The van der Waals surface area contributed by atoms with E-state index in [-0.39, 0.29) is 19.3 Å². The Balaban J connectivity index is 1.64. The van der Waals surface area contributed by atoms with Crippen LogP contribution in [-0.2, 0) is 11.2 Å². The molecule has 0 bridgehead atoms. The maximum atomic E-state index is 13.0. The molecule has 0 unspecified atom stereocenters. The van der Waals surface area contributed by atoms with Gasteiger partial charge in [0.1, 0.15) is 5.00 Å². The van der Waals surface area contributed by atoms with Crippen molar-refractivity contribution in [2.24, 2.45) is 0 Å². The van der Waals surface area contributed by atoms with Crippen molar-refractivity contribution < 1.29 is 33.3 Å². The summed E-state index contributed by atoms with van der Waals surface area (Å²) in [5, 5.41) is 3.32. The van der Waals surface area contributed by atoms with Gasteiger partial charge < -0.3 is 29.0 Å². The molecule has 178 valence electrons. The van der Waals surface area contributed by atoms with Crippen LogP contribution in [0, 0.1) is 6.92 Å². The molecule has 0 saturated carbocycles. The lowest BCUT2D eigenvalue weighted by molar-refractivity contribution is 0.0527. The number of nitrogens with one attached hydrogen (secondary N) is 1. The van der Waals surface area contributed by atoms with Gasteiger partial charge in [0, 0.05) is 16.9 Å². The summed E-state index contributed by atoms with van der Waals surface area (Å²) in [5.41, 5.74) is 2.50. The largest absolute Gasteiger partial charge is 0.493 e. The number of thiophene rings is 1. The van der Waals surface area contributed by atoms with Crippen LogP contribution in [0.2, 0.25) is 0 Å². The average Bonchev–Trinajstić information content (AvgIpc) is 3.42. The zero-order chi connectivity index (χ0) is 24.2. The quantitative estimate of drug-likeness (QED) is 0.459. The first kappa shape index (κ1) is 23.4. The number of hydrogen-bond donors (Lipinski definition) is 1. The summed E-state index contributed by atoms with van der Waals surface area (Å²) in [6.07, 6.45) is 0.561. The third kappa shape index (κ3) is 4.65. The van der Waals surface area contributed by atoms with E-state index < -0.39 is 5.97 Å². The van der Waals surface area contributed by atoms with Gasteiger partial charge in [-0.3, -0.25) is 4.79 Å². The Morgan fingerprint density at radius 1 is 1.03 bits per heavy atom. The molecule has 0 radical (unpaired) electrons. The molecule has 2 aromatic carbocycles. The van der Waals surface area contributed by atoms with Crippen molar-refractivity contribution in [1.82, 2.24) is 0 Å². The Bertz CT molecular complexity index is 1230. The minimum Gasteiger partial charge on any atom is -0.493 e. The van der Waals surface area contributed by atoms with Crippen LogP contribution in [0.3, 0.4) is 0 Å². The third-order valence-electron chi connectivity index (χ3n) is 5.40. The van der Waals surface area contributed by atoms with Crippen molar-refractivity contribution in [3.8, 4) is 23.0 Å². The maximum Gasteiger partial charge on any atom is 0.341 e. The molecule has 0 saturated heterocycles. The first-order valence-corrected chi connectivity index (χ1v) is 11.5. The normalized spacial score (nSPS) is 11.8. The number of rotatable bonds is 8. The second-order valence-corrected chi connectivity index (χ2v) is 8.57. The van der Waals surface area contributed by atoms with Gasteiger partial charge in [0.15, 0.2) is 23.0 Å². The van der Waals surface area contributed by atoms with Crippen LogP contribution < -0.4 is 24.3 Å². The first-order chi connectivity index (χ1) is 16.4. The maximum absolute atomic E-state index is 13.0.